The molecule has 0 aliphatic carbocycles. The fraction of sp³-hybridized carbons (Fsp3) is 0.294. The smallest absolute Gasteiger partial charge is 0.321 e. The van der Waals surface area contributed by atoms with Crippen molar-refractivity contribution in [3.05, 3.63) is 48.3 Å². The summed E-state index contributed by atoms with van der Waals surface area (Å²) in [6.07, 6.45) is 2.46. The lowest BCUT2D eigenvalue weighted by Gasteiger charge is -2.23. The van der Waals surface area contributed by atoms with Gasteiger partial charge in [0.2, 0.25) is 5.91 Å². The molecular formula is C17H19N5O2S. The van der Waals surface area contributed by atoms with Gasteiger partial charge in [-0.2, -0.15) is 0 Å². The molecule has 1 aromatic carbocycles. The summed E-state index contributed by atoms with van der Waals surface area (Å²) in [5.74, 6) is 1.14. The highest BCUT2D eigenvalue weighted by Gasteiger charge is 2.26. The first kappa shape index (κ1) is 17.2. The molecule has 0 radical (unpaired) electrons. The van der Waals surface area contributed by atoms with Crippen molar-refractivity contribution < 1.29 is 9.59 Å². The number of urea groups is 1. The highest BCUT2D eigenvalue weighted by atomic mass is 32.2. The van der Waals surface area contributed by atoms with E-state index in [4.69, 9.17) is 0 Å². The molecule has 1 unspecified atom stereocenters. The summed E-state index contributed by atoms with van der Waals surface area (Å²) in [4.78, 5) is 23.1. The second-order valence-corrected chi connectivity index (χ2v) is 6.79. The Kier molecular flexibility index (Phi) is 5.18. The average Bonchev–Trinajstić information content (AvgIpc) is 2.94. The molecule has 7 nitrogen and oxygen atoms in total. The van der Waals surface area contributed by atoms with Crippen LogP contribution < -0.4 is 10.6 Å². The summed E-state index contributed by atoms with van der Waals surface area (Å²) in [5, 5.41) is 14.3. The Morgan fingerprint density at radius 3 is 2.96 bits per heavy atom. The average molecular weight is 357 g/mol. The van der Waals surface area contributed by atoms with Crippen LogP contribution in [0.4, 0.5) is 4.79 Å². The van der Waals surface area contributed by atoms with Gasteiger partial charge in [-0.1, -0.05) is 30.0 Å². The van der Waals surface area contributed by atoms with Gasteiger partial charge in [0.1, 0.15) is 5.82 Å². The molecule has 1 saturated heterocycles. The van der Waals surface area contributed by atoms with Crippen LogP contribution in [-0.2, 0) is 11.2 Å². The Labute approximate surface area is 149 Å². The van der Waals surface area contributed by atoms with Gasteiger partial charge in [0.05, 0.1) is 0 Å². The number of imide groups is 1. The molecule has 2 heterocycles. The van der Waals surface area contributed by atoms with Crippen molar-refractivity contribution in [1.82, 2.24) is 25.4 Å². The quantitative estimate of drug-likeness (QED) is 0.610. The van der Waals surface area contributed by atoms with Crippen molar-refractivity contribution in [2.45, 2.75) is 31.0 Å². The molecule has 0 spiro atoms. The molecule has 1 aromatic heterocycles. The Hall–Kier alpha value is -2.61. The zero-order chi connectivity index (χ0) is 17.8. The van der Waals surface area contributed by atoms with Gasteiger partial charge in [-0.05, 0) is 24.6 Å². The van der Waals surface area contributed by atoms with Crippen LogP contribution in [0.25, 0.3) is 5.69 Å². The van der Waals surface area contributed by atoms with Gasteiger partial charge >= 0.3 is 6.03 Å². The lowest BCUT2D eigenvalue weighted by atomic mass is 10.1. The predicted molar refractivity (Wildman–Crippen MR) is 95.8 cm³/mol. The van der Waals surface area contributed by atoms with E-state index in [2.05, 4.69) is 33.5 Å². The van der Waals surface area contributed by atoms with Crippen LogP contribution in [0.3, 0.4) is 0 Å². The molecule has 1 atom stereocenters. The van der Waals surface area contributed by atoms with Crippen molar-refractivity contribution >= 4 is 23.7 Å². The third-order valence-corrected chi connectivity index (χ3v) is 4.66. The fourth-order valence-electron chi connectivity index (χ4n) is 2.70. The summed E-state index contributed by atoms with van der Waals surface area (Å²) in [6.45, 7) is 5.76. The number of nitrogens with zero attached hydrogens (tertiary/aromatic N) is 3. The van der Waals surface area contributed by atoms with Crippen molar-refractivity contribution in [2.24, 2.45) is 0 Å². The van der Waals surface area contributed by atoms with E-state index < -0.39 is 6.03 Å². The molecule has 2 aromatic rings. The summed E-state index contributed by atoms with van der Waals surface area (Å²) in [7, 11) is 0. The van der Waals surface area contributed by atoms with Crippen LogP contribution in [0.1, 0.15) is 17.8 Å². The maximum absolute atomic E-state index is 11.6. The minimum absolute atomic E-state index is 0.224. The number of aryl methyl sites for hydroxylation is 1. The van der Waals surface area contributed by atoms with Gasteiger partial charge in [-0.15, -0.1) is 16.8 Å². The van der Waals surface area contributed by atoms with Crippen LogP contribution >= 0.6 is 11.8 Å². The first-order valence-corrected chi connectivity index (χ1v) is 8.90. The normalized spacial score (nSPS) is 17.1. The number of carbonyl (C=O) groups is 2. The van der Waals surface area contributed by atoms with E-state index >= 15 is 0 Å². The lowest BCUT2D eigenvalue weighted by molar-refractivity contribution is -0.121. The number of hydrogen-bond acceptors (Lipinski definition) is 5. The van der Waals surface area contributed by atoms with E-state index in [-0.39, 0.29) is 18.4 Å². The topological polar surface area (TPSA) is 88.9 Å². The number of thioether (sulfide) groups is 1. The molecule has 2 N–H and O–H groups in total. The number of amides is 3. The van der Waals surface area contributed by atoms with E-state index in [1.165, 1.54) is 11.8 Å². The number of carbonyl (C=O) groups excluding carboxylic acids is 2. The molecule has 8 heteroatoms. The third-order valence-electron chi connectivity index (χ3n) is 3.74. The van der Waals surface area contributed by atoms with E-state index in [1.807, 2.05) is 35.8 Å². The Balaban J connectivity index is 1.93. The molecule has 130 valence electrons. The van der Waals surface area contributed by atoms with Gasteiger partial charge in [0.15, 0.2) is 5.16 Å². The SMILES string of the molecule is C=CCSc1nnc(CC2CC(=O)NC(=O)N2)n1-c1cccc(C)c1. The minimum Gasteiger partial charge on any atom is -0.334 e. The first-order chi connectivity index (χ1) is 12.1. The third kappa shape index (κ3) is 4.08. The summed E-state index contributed by atoms with van der Waals surface area (Å²) < 4.78 is 1.97. The maximum atomic E-state index is 11.6. The summed E-state index contributed by atoms with van der Waals surface area (Å²) in [5.41, 5.74) is 2.08. The Bertz CT molecular complexity index is 801. The molecule has 1 fully saturated rings. The zero-order valence-corrected chi connectivity index (χ0v) is 14.7. The van der Waals surface area contributed by atoms with E-state index in [9.17, 15) is 9.59 Å². The van der Waals surface area contributed by atoms with Gasteiger partial charge in [-0.25, -0.2) is 4.79 Å². The van der Waals surface area contributed by atoms with Crippen molar-refractivity contribution in [3.8, 4) is 5.69 Å². The molecule has 3 rings (SSSR count). The fourth-order valence-corrected chi connectivity index (χ4v) is 3.41. The van der Waals surface area contributed by atoms with Crippen molar-refractivity contribution in [2.75, 3.05) is 5.75 Å². The van der Waals surface area contributed by atoms with Gasteiger partial charge in [0.25, 0.3) is 0 Å². The maximum Gasteiger partial charge on any atom is 0.321 e. The highest BCUT2D eigenvalue weighted by Crippen LogP contribution is 2.24. The Morgan fingerprint density at radius 2 is 2.24 bits per heavy atom. The first-order valence-electron chi connectivity index (χ1n) is 7.92. The summed E-state index contributed by atoms with van der Waals surface area (Å²) in [6, 6.07) is 7.28. The van der Waals surface area contributed by atoms with Crippen LogP contribution in [0.15, 0.2) is 42.1 Å². The zero-order valence-electron chi connectivity index (χ0n) is 13.9. The second kappa shape index (κ2) is 7.52. The number of hydrogen-bond donors (Lipinski definition) is 2. The molecule has 0 saturated carbocycles. The van der Waals surface area contributed by atoms with E-state index in [1.54, 1.807) is 0 Å². The van der Waals surface area contributed by atoms with Crippen molar-refractivity contribution in [3.63, 3.8) is 0 Å². The summed E-state index contributed by atoms with van der Waals surface area (Å²) >= 11 is 1.54. The number of aromatic nitrogens is 3. The molecule has 0 bridgehead atoms. The van der Waals surface area contributed by atoms with Crippen LogP contribution in [-0.4, -0.2) is 38.5 Å². The molecule has 1 aliphatic rings. The molecule has 3 amide bonds. The van der Waals surface area contributed by atoms with Crippen LogP contribution in [0.2, 0.25) is 0 Å². The van der Waals surface area contributed by atoms with Crippen LogP contribution in [0.5, 0.6) is 0 Å². The van der Waals surface area contributed by atoms with E-state index in [0.717, 1.165) is 16.4 Å². The predicted octanol–water partition coefficient (Wildman–Crippen LogP) is 1.99. The van der Waals surface area contributed by atoms with E-state index in [0.29, 0.717) is 18.0 Å². The Morgan fingerprint density at radius 1 is 1.40 bits per heavy atom. The number of benzene rings is 1. The monoisotopic (exact) mass is 357 g/mol. The molecular weight excluding hydrogens is 338 g/mol. The molecule has 1 aliphatic heterocycles. The second-order valence-electron chi connectivity index (χ2n) is 5.80. The molecule has 25 heavy (non-hydrogen) atoms. The number of nitrogens with one attached hydrogen (secondary N) is 2. The number of rotatable bonds is 6. The largest absolute Gasteiger partial charge is 0.334 e. The lowest BCUT2D eigenvalue weighted by Crippen LogP contribution is -2.53. The minimum atomic E-state index is -0.468. The van der Waals surface area contributed by atoms with Gasteiger partial charge in [-0.3, -0.25) is 14.7 Å². The highest BCUT2D eigenvalue weighted by molar-refractivity contribution is 7.99. The van der Waals surface area contributed by atoms with Crippen molar-refractivity contribution in [1.29, 1.82) is 0 Å². The van der Waals surface area contributed by atoms with Gasteiger partial charge < -0.3 is 5.32 Å². The standard InChI is InChI=1S/C17H19N5O2S/c1-3-7-25-17-21-20-14(9-12-10-15(23)19-16(24)18-12)22(17)13-6-4-5-11(2)8-13/h3-6,8,12H,1,7,9-10H2,2H3,(H2,18,19,23,24). The van der Waals surface area contributed by atoms with Crippen LogP contribution in [0, 0.1) is 6.92 Å². The van der Waals surface area contributed by atoms with Gasteiger partial charge in [0, 0.05) is 30.3 Å².